The number of benzene rings is 1. The fourth-order valence-corrected chi connectivity index (χ4v) is 3.72. The number of anilines is 2. The van der Waals surface area contributed by atoms with Crippen molar-refractivity contribution in [3.8, 4) is 17.0 Å². The lowest BCUT2D eigenvalue weighted by molar-refractivity contribution is -0.125. The lowest BCUT2D eigenvalue weighted by Gasteiger charge is -2.30. The summed E-state index contributed by atoms with van der Waals surface area (Å²) >= 11 is 1.40. The number of likely N-dealkylation sites (N-methyl/N-ethyl adjacent to an activating group) is 1. The summed E-state index contributed by atoms with van der Waals surface area (Å²) in [5.41, 5.74) is 2.36. The van der Waals surface area contributed by atoms with Crippen molar-refractivity contribution < 1.29 is 14.3 Å². The van der Waals surface area contributed by atoms with Gasteiger partial charge in [0.25, 0.3) is 5.91 Å². The van der Waals surface area contributed by atoms with Gasteiger partial charge < -0.3 is 15.0 Å². The normalized spacial score (nSPS) is 16.4. The summed E-state index contributed by atoms with van der Waals surface area (Å²) < 4.78 is 5.65. The first-order valence-corrected chi connectivity index (χ1v) is 9.67. The van der Waals surface area contributed by atoms with E-state index in [4.69, 9.17) is 4.74 Å². The Bertz CT molecular complexity index is 829. The SMILES string of the molecule is CCC(CC)C(=O)Nc1nc(-c2ccc3c(c2)N(C)C(=O)[C@@H](C)O3)cs1. The van der Waals surface area contributed by atoms with Crippen molar-refractivity contribution in [2.75, 3.05) is 17.3 Å². The highest BCUT2D eigenvalue weighted by atomic mass is 32.1. The molecule has 0 aliphatic carbocycles. The van der Waals surface area contributed by atoms with Crippen LogP contribution < -0.4 is 15.0 Å². The number of thiazole rings is 1. The Balaban J connectivity index is 1.82. The van der Waals surface area contributed by atoms with Crippen LogP contribution in [0, 0.1) is 5.92 Å². The maximum absolute atomic E-state index is 12.2. The quantitative estimate of drug-likeness (QED) is 0.862. The van der Waals surface area contributed by atoms with Gasteiger partial charge in [0.15, 0.2) is 11.2 Å². The van der Waals surface area contributed by atoms with E-state index >= 15 is 0 Å². The first kappa shape index (κ1) is 18.4. The topological polar surface area (TPSA) is 71.5 Å². The first-order valence-electron chi connectivity index (χ1n) is 8.79. The zero-order valence-corrected chi connectivity index (χ0v) is 16.2. The highest BCUT2D eigenvalue weighted by molar-refractivity contribution is 7.14. The van der Waals surface area contributed by atoms with E-state index in [1.807, 2.05) is 37.4 Å². The molecule has 0 unspecified atom stereocenters. The van der Waals surface area contributed by atoms with Gasteiger partial charge in [-0.1, -0.05) is 13.8 Å². The lowest BCUT2D eigenvalue weighted by atomic mass is 10.0. The minimum absolute atomic E-state index is 0.00453. The number of aromatic nitrogens is 1. The molecular formula is C19H23N3O3S. The van der Waals surface area contributed by atoms with E-state index in [1.54, 1.807) is 18.9 Å². The Morgan fingerprint density at radius 2 is 2.12 bits per heavy atom. The fraction of sp³-hybridized carbons (Fsp3) is 0.421. The molecule has 0 radical (unpaired) electrons. The molecule has 2 heterocycles. The minimum Gasteiger partial charge on any atom is -0.479 e. The highest BCUT2D eigenvalue weighted by Crippen LogP contribution is 2.37. The van der Waals surface area contributed by atoms with Gasteiger partial charge in [-0.3, -0.25) is 9.59 Å². The van der Waals surface area contributed by atoms with Crippen LogP contribution in [0.25, 0.3) is 11.3 Å². The average Bonchev–Trinajstić information content (AvgIpc) is 3.09. The second-order valence-electron chi connectivity index (χ2n) is 6.38. The van der Waals surface area contributed by atoms with Crippen molar-refractivity contribution in [3.63, 3.8) is 0 Å². The monoisotopic (exact) mass is 373 g/mol. The van der Waals surface area contributed by atoms with E-state index in [-0.39, 0.29) is 17.7 Å². The maximum Gasteiger partial charge on any atom is 0.267 e. The summed E-state index contributed by atoms with van der Waals surface area (Å²) in [7, 11) is 1.74. The van der Waals surface area contributed by atoms with Gasteiger partial charge in [0.1, 0.15) is 5.75 Å². The second-order valence-corrected chi connectivity index (χ2v) is 7.24. The third-order valence-corrected chi connectivity index (χ3v) is 5.45. The lowest BCUT2D eigenvalue weighted by Crippen LogP contribution is -2.41. The zero-order chi connectivity index (χ0) is 18.8. The summed E-state index contributed by atoms with van der Waals surface area (Å²) in [6.07, 6.45) is 1.14. The molecule has 1 atom stereocenters. The van der Waals surface area contributed by atoms with Gasteiger partial charge >= 0.3 is 0 Å². The van der Waals surface area contributed by atoms with Crippen LogP contribution in [-0.2, 0) is 9.59 Å². The molecule has 6 nitrogen and oxygen atoms in total. The molecular weight excluding hydrogens is 350 g/mol. The van der Waals surface area contributed by atoms with Crippen LogP contribution >= 0.6 is 11.3 Å². The molecule has 0 fully saturated rings. The summed E-state index contributed by atoms with van der Waals surface area (Å²) in [6.45, 7) is 5.76. The van der Waals surface area contributed by atoms with Crippen LogP contribution in [0.1, 0.15) is 33.6 Å². The van der Waals surface area contributed by atoms with Crippen LogP contribution in [0.2, 0.25) is 0 Å². The van der Waals surface area contributed by atoms with Crippen LogP contribution in [0.5, 0.6) is 5.75 Å². The number of ether oxygens (including phenoxy) is 1. The summed E-state index contributed by atoms with van der Waals surface area (Å²) in [5, 5.41) is 5.39. The standard InChI is InChI=1S/C19H23N3O3S/c1-5-12(6-2)17(23)21-19-20-14(10-26-19)13-7-8-16-15(9-13)22(4)18(24)11(3)25-16/h7-12H,5-6H2,1-4H3,(H,20,21,23)/t11-/m1/s1. The molecule has 0 spiro atoms. The molecule has 0 saturated heterocycles. The van der Waals surface area contributed by atoms with E-state index < -0.39 is 6.10 Å². The van der Waals surface area contributed by atoms with Gasteiger partial charge in [-0.2, -0.15) is 0 Å². The first-order chi connectivity index (χ1) is 12.4. The number of carbonyl (C=O) groups excluding carboxylic acids is 2. The van der Waals surface area contributed by atoms with E-state index in [1.165, 1.54) is 11.3 Å². The number of carbonyl (C=O) groups is 2. The molecule has 1 aliphatic rings. The third kappa shape index (κ3) is 3.44. The van der Waals surface area contributed by atoms with Gasteiger partial charge in [-0.25, -0.2) is 4.98 Å². The van der Waals surface area contributed by atoms with Crippen molar-refractivity contribution >= 4 is 34.0 Å². The number of amides is 2. The highest BCUT2D eigenvalue weighted by Gasteiger charge is 2.29. The molecule has 1 aliphatic heterocycles. The summed E-state index contributed by atoms with van der Waals surface area (Å²) in [6, 6.07) is 5.66. The van der Waals surface area contributed by atoms with Crippen molar-refractivity contribution in [3.05, 3.63) is 23.6 Å². The molecule has 1 aromatic carbocycles. The van der Waals surface area contributed by atoms with E-state index in [2.05, 4.69) is 10.3 Å². The number of nitrogens with one attached hydrogen (secondary N) is 1. The van der Waals surface area contributed by atoms with E-state index in [0.717, 1.165) is 29.8 Å². The third-order valence-electron chi connectivity index (χ3n) is 4.69. The molecule has 0 bridgehead atoms. The summed E-state index contributed by atoms with van der Waals surface area (Å²) in [5.74, 6) is 0.617. The second kappa shape index (κ2) is 7.45. The van der Waals surface area contributed by atoms with E-state index in [0.29, 0.717) is 10.9 Å². The number of fused-ring (bicyclic) bond motifs is 1. The van der Waals surface area contributed by atoms with Crippen LogP contribution in [-0.4, -0.2) is 29.9 Å². The average molecular weight is 373 g/mol. The Morgan fingerprint density at radius 1 is 1.38 bits per heavy atom. The molecule has 3 rings (SSSR count). The molecule has 138 valence electrons. The Kier molecular flexibility index (Phi) is 5.27. The predicted octanol–water partition coefficient (Wildman–Crippen LogP) is 3.93. The number of nitrogens with zero attached hydrogens (tertiary/aromatic N) is 2. The van der Waals surface area contributed by atoms with E-state index in [9.17, 15) is 9.59 Å². The van der Waals surface area contributed by atoms with Crippen molar-refractivity contribution in [1.82, 2.24) is 4.98 Å². The smallest absolute Gasteiger partial charge is 0.267 e. The minimum atomic E-state index is -0.482. The molecule has 1 N–H and O–H groups in total. The number of hydrogen-bond acceptors (Lipinski definition) is 5. The molecule has 1 aromatic heterocycles. The van der Waals surface area contributed by atoms with Crippen molar-refractivity contribution in [2.24, 2.45) is 5.92 Å². The van der Waals surface area contributed by atoms with Crippen LogP contribution in [0.4, 0.5) is 10.8 Å². The van der Waals surface area contributed by atoms with Crippen molar-refractivity contribution in [1.29, 1.82) is 0 Å². The predicted molar refractivity (Wildman–Crippen MR) is 104 cm³/mol. The van der Waals surface area contributed by atoms with Crippen molar-refractivity contribution in [2.45, 2.75) is 39.7 Å². The molecule has 0 saturated carbocycles. The molecule has 7 heteroatoms. The molecule has 2 aromatic rings. The number of hydrogen-bond donors (Lipinski definition) is 1. The van der Waals surface area contributed by atoms with Gasteiger partial charge in [0.2, 0.25) is 5.91 Å². The Hall–Kier alpha value is -2.41. The van der Waals surface area contributed by atoms with Gasteiger partial charge in [0, 0.05) is 23.9 Å². The molecule has 2 amide bonds. The maximum atomic E-state index is 12.2. The zero-order valence-electron chi connectivity index (χ0n) is 15.4. The summed E-state index contributed by atoms with van der Waals surface area (Å²) in [4.78, 5) is 30.5. The Morgan fingerprint density at radius 3 is 2.81 bits per heavy atom. The largest absolute Gasteiger partial charge is 0.479 e. The van der Waals surface area contributed by atoms with Crippen LogP contribution in [0.3, 0.4) is 0 Å². The van der Waals surface area contributed by atoms with Gasteiger partial charge in [0.05, 0.1) is 11.4 Å². The van der Waals surface area contributed by atoms with Gasteiger partial charge in [-0.15, -0.1) is 11.3 Å². The molecule has 26 heavy (non-hydrogen) atoms. The van der Waals surface area contributed by atoms with Crippen LogP contribution in [0.15, 0.2) is 23.6 Å². The fourth-order valence-electron chi connectivity index (χ4n) is 3.00. The number of rotatable bonds is 5. The Labute approximate surface area is 157 Å². The van der Waals surface area contributed by atoms with Gasteiger partial charge in [-0.05, 0) is 38.0 Å².